The zero-order chi connectivity index (χ0) is 31.9. The van der Waals surface area contributed by atoms with Crippen molar-refractivity contribution in [2.45, 2.75) is 102 Å². The highest BCUT2D eigenvalue weighted by Gasteiger charge is 2.44. The first-order valence-corrected chi connectivity index (χ1v) is 17.2. The van der Waals surface area contributed by atoms with Gasteiger partial charge in [-0.15, -0.1) is 0 Å². The Morgan fingerprint density at radius 3 is 2.37 bits per heavy atom. The maximum atomic E-state index is 13.7. The number of H-pyrrole nitrogens is 1. The van der Waals surface area contributed by atoms with Crippen LogP contribution in [0, 0.1) is 11.8 Å². The van der Waals surface area contributed by atoms with E-state index in [0.717, 1.165) is 43.6 Å². The molecule has 2 amide bonds. The molecule has 2 saturated heterocycles. The molecule has 242 valence electrons. The van der Waals surface area contributed by atoms with Crippen LogP contribution in [-0.4, -0.2) is 51.7 Å². The Kier molecular flexibility index (Phi) is 7.16. The lowest BCUT2D eigenvalue weighted by Crippen LogP contribution is -2.51. The minimum absolute atomic E-state index is 0.0830. The summed E-state index contributed by atoms with van der Waals surface area (Å²) in [5.74, 6) is 2.71. The van der Waals surface area contributed by atoms with Crippen molar-refractivity contribution in [2.24, 2.45) is 11.8 Å². The van der Waals surface area contributed by atoms with E-state index < -0.39 is 12.1 Å². The van der Waals surface area contributed by atoms with E-state index in [-0.39, 0.29) is 23.9 Å². The first kappa shape index (κ1) is 29.5. The standard InChI is InChI=1S/C37H45N5O4/c1-18(2)34(41-37(45)46-4)36(44)42-13-5-6-28(42)35-38-17-27(40-35)24-10-9-23(32-25-14-19(3)15-26(39-25)33(24)32)22-11-12-29(43)31-21-8-7-20(16-21)30(22)31/h9-12,17-21,25-26,28,34,39,43H,5-8,13-16H2,1-4H3,(H,38,40)(H,41,45). The molecule has 8 rings (SSSR count). The minimum Gasteiger partial charge on any atom is -0.508 e. The topological polar surface area (TPSA) is 120 Å². The van der Waals surface area contributed by atoms with Crippen molar-refractivity contribution in [1.29, 1.82) is 0 Å². The smallest absolute Gasteiger partial charge is 0.407 e. The Balaban J connectivity index is 1.17. The zero-order valence-corrected chi connectivity index (χ0v) is 27.2. The number of amides is 2. The molecule has 0 radical (unpaired) electrons. The zero-order valence-electron chi connectivity index (χ0n) is 27.2. The highest BCUT2D eigenvalue weighted by Crippen LogP contribution is 2.60. The number of phenols is 1. The number of nitrogens with one attached hydrogen (secondary N) is 3. The second-order valence-electron chi connectivity index (χ2n) is 14.7. The fourth-order valence-electron chi connectivity index (χ4n) is 9.61. The summed E-state index contributed by atoms with van der Waals surface area (Å²) in [6.07, 6.45) is 8.78. The molecule has 9 heteroatoms. The second-order valence-corrected chi connectivity index (χ2v) is 14.7. The van der Waals surface area contributed by atoms with Gasteiger partial charge in [-0.1, -0.05) is 39.0 Å². The number of phenolic OH excluding ortho intramolecular Hbond substituents is 1. The number of likely N-dealkylation sites (tertiary alicyclic amines) is 1. The van der Waals surface area contributed by atoms with Gasteiger partial charge in [0.15, 0.2) is 0 Å². The molecule has 1 aromatic heterocycles. The Morgan fingerprint density at radius 2 is 1.63 bits per heavy atom. The number of carbonyl (C=O) groups is 2. The molecular weight excluding hydrogens is 578 g/mol. The van der Waals surface area contributed by atoms with Crippen molar-refractivity contribution >= 4 is 12.0 Å². The van der Waals surface area contributed by atoms with Crippen molar-refractivity contribution in [3.05, 3.63) is 58.5 Å². The minimum atomic E-state index is -0.665. The van der Waals surface area contributed by atoms with Crippen LogP contribution in [0.5, 0.6) is 5.75 Å². The van der Waals surface area contributed by atoms with Gasteiger partial charge in [0.25, 0.3) is 0 Å². The van der Waals surface area contributed by atoms with Crippen LogP contribution in [0.4, 0.5) is 4.79 Å². The average Bonchev–Trinajstić information content (AvgIpc) is 3.88. The highest BCUT2D eigenvalue weighted by atomic mass is 16.5. The third kappa shape index (κ3) is 4.56. The van der Waals surface area contributed by atoms with Gasteiger partial charge in [0.05, 0.1) is 25.0 Å². The molecule has 9 nitrogen and oxygen atoms in total. The fraction of sp³-hybridized carbons (Fsp3) is 0.541. The fourth-order valence-corrected chi connectivity index (χ4v) is 9.61. The number of hydrogen-bond acceptors (Lipinski definition) is 6. The largest absolute Gasteiger partial charge is 0.508 e. The van der Waals surface area contributed by atoms with E-state index in [1.807, 2.05) is 31.0 Å². The lowest BCUT2D eigenvalue weighted by molar-refractivity contribution is -0.135. The summed E-state index contributed by atoms with van der Waals surface area (Å²) in [4.78, 5) is 36.1. The quantitative estimate of drug-likeness (QED) is 0.235. The maximum absolute atomic E-state index is 13.7. The van der Waals surface area contributed by atoms with Crippen LogP contribution in [0.25, 0.3) is 22.4 Å². The number of benzene rings is 2. The number of imidazole rings is 1. The number of carbonyl (C=O) groups excluding carboxylic acids is 2. The van der Waals surface area contributed by atoms with Gasteiger partial charge in [-0.25, -0.2) is 9.78 Å². The third-order valence-corrected chi connectivity index (χ3v) is 11.6. The molecule has 3 fully saturated rings. The van der Waals surface area contributed by atoms with E-state index in [9.17, 15) is 14.7 Å². The summed E-state index contributed by atoms with van der Waals surface area (Å²) >= 11 is 0. The van der Waals surface area contributed by atoms with Crippen LogP contribution in [0.3, 0.4) is 0 Å². The second kappa shape index (κ2) is 11.1. The molecule has 3 aliphatic heterocycles. The maximum Gasteiger partial charge on any atom is 0.407 e. The first-order valence-electron chi connectivity index (χ1n) is 17.2. The van der Waals surface area contributed by atoms with E-state index in [1.54, 1.807) is 0 Å². The molecule has 2 aliphatic carbocycles. The summed E-state index contributed by atoms with van der Waals surface area (Å²) < 4.78 is 4.80. The monoisotopic (exact) mass is 623 g/mol. The van der Waals surface area contributed by atoms with Crippen LogP contribution >= 0.6 is 0 Å². The van der Waals surface area contributed by atoms with Crippen molar-refractivity contribution in [1.82, 2.24) is 25.5 Å². The van der Waals surface area contributed by atoms with Gasteiger partial charge in [-0.2, -0.15) is 0 Å². The van der Waals surface area contributed by atoms with Crippen molar-refractivity contribution in [2.75, 3.05) is 13.7 Å². The summed E-state index contributed by atoms with van der Waals surface area (Å²) in [7, 11) is 1.31. The molecule has 7 atom stereocenters. The number of ether oxygens (including phenoxy) is 1. The van der Waals surface area contributed by atoms with Gasteiger partial charge in [-0.05, 0) is 103 Å². The molecule has 1 saturated carbocycles. The summed E-state index contributed by atoms with van der Waals surface area (Å²) in [6.45, 7) is 6.85. The lowest BCUT2D eigenvalue weighted by Gasteiger charge is -2.30. The summed E-state index contributed by atoms with van der Waals surface area (Å²) in [6, 6.07) is 8.37. The predicted molar refractivity (Wildman–Crippen MR) is 175 cm³/mol. The van der Waals surface area contributed by atoms with Crippen molar-refractivity contribution < 1.29 is 19.4 Å². The van der Waals surface area contributed by atoms with Crippen LogP contribution in [0.1, 0.15) is 124 Å². The van der Waals surface area contributed by atoms with Crippen molar-refractivity contribution in [3.8, 4) is 28.1 Å². The number of aromatic hydroxyl groups is 1. The summed E-state index contributed by atoms with van der Waals surface area (Å²) in [5, 5.41) is 17.6. The van der Waals surface area contributed by atoms with Crippen molar-refractivity contribution in [3.63, 3.8) is 0 Å². The number of rotatable bonds is 6. The molecule has 5 aliphatic rings. The number of aromatic nitrogens is 2. The number of piperidine rings is 1. The van der Waals surface area contributed by atoms with E-state index in [2.05, 4.69) is 40.7 Å². The van der Waals surface area contributed by atoms with Crippen LogP contribution < -0.4 is 10.6 Å². The number of alkyl carbamates (subject to hydrolysis) is 1. The van der Waals surface area contributed by atoms with Gasteiger partial charge in [0.1, 0.15) is 17.6 Å². The Bertz CT molecular complexity index is 1710. The van der Waals surface area contributed by atoms with Crippen LogP contribution in [0.15, 0.2) is 30.5 Å². The Morgan fingerprint density at radius 1 is 0.957 bits per heavy atom. The lowest BCUT2D eigenvalue weighted by atomic mass is 9.81. The molecule has 2 aromatic carbocycles. The number of fused-ring (bicyclic) bond motifs is 10. The highest BCUT2D eigenvalue weighted by molar-refractivity contribution is 5.86. The van der Waals surface area contributed by atoms with Gasteiger partial charge in [0.2, 0.25) is 5.91 Å². The van der Waals surface area contributed by atoms with Crippen LogP contribution in [0.2, 0.25) is 0 Å². The Labute approximate surface area is 270 Å². The van der Waals surface area contributed by atoms with E-state index in [1.165, 1.54) is 58.9 Å². The van der Waals surface area contributed by atoms with E-state index in [0.29, 0.717) is 36.1 Å². The van der Waals surface area contributed by atoms with E-state index >= 15 is 0 Å². The Hall–Kier alpha value is -3.85. The molecule has 3 aromatic rings. The number of hydrogen-bond donors (Lipinski definition) is 4. The summed E-state index contributed by atoms with van der Waals surface area (Å²) in [5.41, 5.74) is 10.1. The molecule has 4 N–H and O–H groups in total. The van der Waals surface area contributed by atoms with Gasteiger partial charge >= 0.3 is 6.09 Å². The third-order valence-electron chi connectivity index (χ3n) is 11.6. The predicted octanol–water partition coefficient (Wildman–Crippen LogP) is 6.97. The van der Waals surface area contributed by atoms with Gasteiger partial charge < -0.3 is 30.4 Å². The molecule has 4 bridgehead atoms. The number of nitrogens with zero attached hydrogens (tertiary/aromatic N) is 2. The van der Waals surface area contributed by atoms with Gasteiger partial charge in [-0.3, -0.25) is 4.79 Å². The average molecular weight is 624 g/mol. The number of methoxy groups -OCH3 is 1. The molecule has 46 heavy (non-hydrogen) atoms. The molecular formula is C37H45N5O4. The van der Waals surface area contributed by atoms with E-state index in [4.69, 9.17) is 9.72 Å². The molecule has 7 unspecified atom stereocenters. The normalized spacial score (nSPS) is 28.0. The van der Waals surface area contributed by atoms with Crippen LogP contribution in [-0.2, 0) is 9.53 Å². The molecule has 4 heterocycles. The first-order chi connectivity index (χ1) is 22.2. The SMILES string of the molecule is COC(=O)NC(C(=O)N1CCCC1c1ncc(-c2ccc(-c3ccc(O)c4c3C3CCC4C3)c3c2C2CC(C)CC3N2)[nH]1)C(C)C. The number of aromatic amines is 1. The molecule has 0 spiro atoms. The van der Waals surface area contributed by atoms with Gasteiger partial charge in [0, 0.05) is 29.8 Å².